The average molecular weight is 340 g/mol. The summed E-state index contributed by atoms with van der Waals surface area (Å²) in [5.41, 5.74) is 9.15. The Balaban J connectivity index is 2.20. The van der Waals surface area contributed by atoms with Gasteiger partial charge in [-0.15, -0.1) is 0 Å². The summed E-state index contributed by atoms with van der Waals surface area (Å²) in [6.45, 7) is 3.76. The molecule has 0 amide bonds. The molecule has 1 atom stereocenters. The number of methoxy groups -OCH3 is 1. The van der Waals surface area contributed by atoms with Crippen molar-refractivity contribution in [2.24, 2.45) is 10.7 Å². The fourth-order valence-corrected chi connectivity index (χ4v) is 3.69. The van der Waals surface area contributed by atoms with Crippen molar-refractivity contribution in [3.05, 3.63) is 57.4 Å². The first-order chi connectivity index (χ1) is 11.5. The Morgan fingerprint density at radius 1 is 1.38 bits per heavy atom. The van der Waals surface area contributed by atoms with Gasteiger partial charge in [0.05, 0.1) is 24.4 Å². The van der Waals surface area contributed by atoms with Gasteiger partial charge in [0.15, 0.2) is 5.17 Å². The molecule has 0 radical (unpaired) electrons. The maximum atomic E-state index is 12.4. The molecule has 0 spiro atoms. The first-order valence-electron chi connectivity index (χ1n) is 7.29. The van der Waals surface area contributed by atoms with Crippen molar-refractivity contribution in [2.45, 2.75) is 19.9 Å². The van der Waals surface area contributed by atoms with Gasteiger partial charge < -0.3 is 10.5 Å². The van der Waals surface area contributed by atoms with Crippen LogP contribution in [0.3, 0.4) is 0 Å². The smallest absolute Gasteiger partial charge is 0.338 e. The molecule has 0 unspecified atom stereocenters. The van der Waals surface area contributed by atoms with Crippen LogP contribution in [0.25, 0.3) is 0 Å². The monoisotopic (exact) mass is 340 g/mol. The Kier molecular flexibility index (Phi) is 4.08. The van der Waals surface area contributed by atoms with E-state index in [1.54, 1.807) is 11.8 Å². The predicted octanol–water partition coefficient (Wildman–Crippen LogP) is 2.55. The van der Waals surface area contributed by atoms with Gasteiger partial charge in [-0.25, -0.2) is 9.79 Å². The van der Waals surface area contributed by atoms with Crippen molar-refractivity contribution in [3.63, 3.8) is 0 Å². The Bertz CT molecular complexity index is 846. The molecular weight excluding hydrogens is 324 g/mol. The summed E-state index contributed by atoms with van der Waals surface area (Å²) < 4.78 is 4.95. The second kappa shape index (κ2) is 6.06. The molecule has 24 heavy (non-hydrogen) atoms. The van der Waals surface area contributed by atoms with E-state index < -0.39 is 12.0 Å². The number of carbonyl (C=O) groups is 1. The van der Waals surface area contributed by atoms with Gasteiger partial charge in [-0.3, -0.25) is 4.90 Å². The molecule has 2 aliphatic rings. The Hall–Kier alpha value is -2.72. The zero-order valence-electron chi connectivity index (χ0n) is 13.5. The van der Waals surface area contributed by atoms with Gasteiger partial charge in [-0.1, -0.05) is 29.8 Å². The van der Waals surface area contributed by atoms with Crippen molar-refractivity contribution in [1.82, 2.24) is 4.90 Å². The molecule has 3 rings (SSSR count). The molecule has 6 nitrogen and oxygen atoms in total. The van der Waals surface area contributed by atoms with Crippen molar-refractivity contribution < 1.29 is 9.53 Å². The second-order valence-electron chi connectivity index (χ2n) is 5.50. The van der Waals surface area contributed by atoms with Crippen LogP contribution in [-0.2, 0) is 9.53 Å². The van der Waals surface area contributed by atoms with Crippen LogP contribution in [-0.4, -0.2) is 23.1 Å². The van der Waals surface area contributed by atoms with E-state index in [1.165, 1.54) is 18.9 Å². The minimum atomic E-state index is -0.469. The van der Waals surface area contributed by atoms with Crippen molar-refractivity contribution >= 4 is 22.9 Å². The maximum Gasteiger partial charge on any atom is 0.338 e. The zero-order valence-corrected chi connectivity index (χ0v) is 14.3. The summed E-state index contributed by atoms with van der Waals surface area (Å²) in [6.07, 6.45) is 0. The van der Waals surface area contributed by atoms with Crippen LogP contribution in [0.5, 0.6) is 0 Å². The number of thioether (sulfide) groups is 1. The molecule has 0 bridgehead atoms. The summed E-state index contributed by atoms with van der Waals surface area (Å²) >= 11 is 1.21. The lowest BCUT2D eigenvalue weighted by Gasteiger charge is -2.34. The molecule has 2 N–H and O–H groups in total. The number of ether oxygens (including phenoxy) is 1. The van der Waals surface area contributed by atoms with Crippen molar-refractivity contribution in [3.8, 4) is 6.07 Å². The molecule has 1 aromatic rings. The van der Waals surface area contributed by atoms with E-state index in [0.717, 1.165) is 11.1 Å². The van der Waals surface area contributed by atoms with Crippen LogP contribution in [0.4, 0.5) is 0 Å². The number of carbonyl (C=O) groups excluding carboxylic acids is 1. The van der Waals surface area contributed by atoms with Crippen molar-refractivity contribution in [1.29, 1.82) is 5.26 Å². The molecule has 122 valence electrons. The summed E-state index contributed by atoms with van der Waals surface area (Å²) in [5, 5.41) is 9.87. The van der Waals surface area contributed by atoms with E-state index in [2.05, 4.69) is 11.1 Å². The number of nitrogens with zero attached hydrogens (tertiary/aromatic N) is 3. The molecule has 7 heteroatoms. The average Bonchev–Trinajstić information content (AvgIpc) is 2.89. The van der Waals surface area contributed by atoms with E-state index in [-0.39, 0.29) is 0 Å². The van der Waals surface area contributed by atoms with Crippen LogP contribution in [0, 0.1) is 18.3 Å². The lowest BCUT2D eigenvalue weighted by molar-refractivity contribution is -0.136. The number of aliphatic imine (C=N–C) groups is 1. The van der Waals surface area contributed by atoms with Gasteiger partial charge in [0.25, 0.3) is 0 Å². The van der Waals surface area contributed by atoms with Gasteiger partial charge in [0.1, 0.15) is 16.8 Å². The van der Waals surface area contributed by atoms with Gasteiger partial charge in [0.2, 0.25) is 0 Å². The second-order valence-corrected chi connectivity index (χ2v) is 6.47. The van der Waals surface area contributed by atoms with Gasteiger partial charge in [-0.05, 0) is 31.2 Å². The molecule has 1 aromatic carbocycles. The molecule has 2 heterocycles. The SMILES string of the molecule is COC(=O)C1=C(C)N=C2SC(C#N)=C(N)N2[C@@H]1c1ccc(C)cc1. The number of allylic oxidation sites excluding steroid dienone is 2. The van der Waals surface area contributed by atoms with E-state index in [9.17, 15) is 10.1 Å². The van der Waals surface area contributed by atoms with Crippen molar-refractivity contribution in [2.75, 3.05) is 7.11 Å². The highest BCUT2D eigenvalue weighted by atomic mass is 32.2. The lowest BCUT2D eigenvalue weighted by atomic mass is 9.94. The summed E-state index contributed by atoms with van der Waals surface area (Å²) in [4.78, 5) is 18.9. The zero-order chi connectivity index (χ0) is 17.4. The Labute approximate surface area is 144 Å². The quantitative estimate of drug-likeness (QED) is 0.832. The molecule has 0 saturated heterocycles. The number of nitriles is 1. The standard InChI is InChI=1S/C17H16N4O2S/c1-9-4-6-11(7-5-9)14-13(16(22)23-3)10(2)20-17-21(14)15(19)12(8-18)24-17/h4-7,14H,19H2,1-3H3/t14-/m1/s1. The van der Waals surface area contributed by atoms with Crippen LogP contribution in [0.15, 0.2) is 51.3 Å². The Morgan fingerprint density at radius 2 is 2.04 bits per heavy atom. The number of nitrogens with two attached hydrogens (primary N) is 1. The summed E-state index contributed by atoms with van der Waals surface area (Å²) in [7, 11) is 1.34. The van der Waals surface area contributed by atoms with E-state index in [4.69, 9.17) is 10.5 Å². The van der Waals surface area contributed by atoms with Gasteiger partial charge >= 0.3 is 5.97 Å². The number of aryl methyl sites for hydroxylation is 1. The fourth-order valence-electron chi connectivity index (χ4n) is 2.78. The van der Waals surface area contributed by atoms with Crippen LogP contribution in [0.1, 0.15) is 24.1 Å². The van der Waals surface area contributed by atoms with Gasteiger partial charge in [0, 0.05) is 0 Å². The number of esters is 1. The molecule has 0 fully saturated rings. The third kappa shape index (κ3) is 2.45. The minimum Gasteiger partial charge on any atom is -0.466 e. The van der Waals surface area contributed by atoms with E-state index >= 15 is 0 Å². The molecule has 0 saturated carbocycles. The number of benzene rings is 1. The topological polar surface area (TPSA) is 91.7 Å². The van der Waals surface area contributed by atoms with Crippen LogP contribution >= 0.6 is 11.8 Å². The normalized spacial score (nSPS) is 19.8. The molecular formula is C17H16N4O2S. The molecule has 2 aliphatic heterocycles. The van der Waals surface area contributed by atoms with Gasteiger partial charge in [-0.2, -0.15) is 5.26 Å². The molecule has 0 aliphatic carbocycles. The first-order valence-corrected chi connectivity index (χ1v) is 8.10. The minimum absolute atomic E-state index is 0.306. The highest BCUT2D eigenvalue weighted by Crippen LogP contribution is 2.45. The number of hydrogen-bond donors (Lipinski definition) is 1. The number of fused-ring (bicyclic) bond motifs is 1. The third-order valence-corrected chi connectivity index (χ3v) is 4.95. The van der Waals surface area contributed by atoms with Crippen LogP contribution < -0.4 is 5.73 Å². The van der Waals surface area contributed by atoms with Crippen LogP contribution in [0.2, 0.25) is 0 Å². The highest BCUT2D eigenvalue weighted by molar-refractivity contribution is 8.17. The van der Waals surface area contributed by atoms with E-state index in [1.807, 2.05) is 31.2 Å². The van der Waals surface area contributed by atoms with E-state index in [0.29, 0.717) is 27.2 Å². The number of rotatable bonds is 2. The fraction of sp³-hybridized carbons (Fsp3) is 0.235. The maximum absolute atomic E-state index is 12.4. The first kappa shape index (κ1) is 16.1. The predicted molar refractivity (Wildman–Crippen MR) is 92.3 cm³/mol. The number of hydrogen-bond acceptors (Lipinski definition) is 7. The lowest BCUT2D eigenvalue weighted by Crippen LogP contribution is -2.38. The Morgan fingerprint density at radius 3 is 2.62 bits per heavy atom. The third-order valence-electron chi connectivity index (χ3n) is 3.98. The molecule has 0 aromatic heterocycles. The summed E-state index contributed by atoms with van der Waals surface area (Å²) in [5.74, 6) is -0.148. The highest BCUT2D eigenvalue weighted by Gasteiger charge is 2.42. The number of amidine groups is 1. The largest absolute Gasteiger partial charge is 0.466 e. The summed E-state index contributed by atoms with van der Waals surface area (Å²) in [6, 6.07) is 9.45.